The van der Waals surface area contributed by atoms with Crippen LogP contribution in [0.4, 0.5) is 0 Å². The normalized spacial score (nSPS) is 32.3. The summed E-state index contributed by atoms with van der Waals surface area (Å²) in [5.74, 6) is 2.67. The van der Waals surface area contributed by atoms with Gasteiger partial charge in [-0.15, -0.1) is 0 Å². The molecule has 3 aliphatic carbocycles. The lowest BCUT2D eigenvalue weighted by molar-refractivity contribution is -0.132. The van der Waals surface area contributed by atoms with Crippen LogP contribution in [-0.4, -0.2) is 20.7 Å². The summed E-state index contributed by atoms with van der Waals surface area (Å²) in [4.78, 5) is 13.8. The van der Waals surface area contributed by atoms with Gasteiger partial charge in [0, 0.05) is 12.5 Å². The van der Waals surface area contributed by atoms with E-state index in [0.29, 0.717) is 36.1 Å². The van der Waals surface area contributed by atoms with Gasteiger partial charge in [-0.25, -0.2) is 0 Å². The van der Waals surface area contributed by atoms with Crippen molar-refractivity contribution in [1.29, 1.82) is 0 Å². The molecule has 2 fully saturated rings. The zero-order chi connectivity index (χ0) is 22.7. The zero-order valence-electron chi connectivity index (χ0n) is 21.5. The predicted octanol–water partition coefficient (Wildman–Crippen LogP) is 8.33. The van der Waals surface area contributed by atoms with Crippen molar-refractivity contribution in [2.75, 3.05) is 6.61 Å². The number of fused-ring (bicyclic) bond motifs is 5. The number of allylic oxidation sites excluding steroid dienone is 2. The minimum Gasteiger partial charge on any atom is -0.416 e. The van der Waals surface area contributed by atoms with Crippen LogP contribution in [0.2, 0.25) is 18.1 Å². The maximum atomic E-state index is 13.8. The van der Waals surface area contributed by atoms with E-state index in [-0.39, 0.29) is 10.5 Å². The maximum absolute atomic E-state index is 13.8. The Morgan fingerprint density at radius 1 is 0.968 bits per heavy atom. The van der Waals surface area contributed by atoms with E-state index >= 15 is 0 Å². The first-order chi connectivity index (χ1) is 14.6. The van der Waals surface area contributed by atoms with Crippen molar-refractivity contribution in [1.82, 2.24) is 0 Å². The van der Waals surface area contributed by atoms with E-state index in [1.807, 2.05) is 0 Å². The Hall–Kier alpha value is -0.413. The van der Waals surface area contributed by atoms with Crippen LogP contribution in [0.15, 0.2) is 12.2 Å². The minimum atomic E-state index is -1.85. The second-order valence-corrected chi connectivity index (χ2v) is 17.4. The Morgan fingerprint density at radius 2 is 1.55 bits per heavy atom. The molecule has 3 heteroatoms. The summed E-state index contributed by atoms with van der Waals surface area (Å²) in [5, 5.41) is 0.198. The van der Waals surface area contributed by atoms with E-state index in [9.17, 15) is 4.79 Å². The minimum absolute atomic E-state index is 0.198. The quantitative estimate of drug-likeness (QED) is 0.161. The lowest BCUT2D eigenvalue weighted by Gasteiger charge is -2.40. The molecule has 0 radical (unpaired) electrons. The number of Topliss-reactive ketones (excluding diaryl/α,β-unsaturated/α-hetero) is 1. The van der Waals surface area contributed by atoms with E-state index in [4.69, 9.17) is 4.43 Å². The van der Waals surface area contributed by atoms with E-state index in [0.717, 1.165) is 12.8 Å². The van der Waals surface area contributed by atoms with Crippen molar-refractivity contribution in [2.45, 2.75) is 123 Å². The maximum Gasteiger partial charge on any atom is 0.192 e. The molecule has 0 aliphatic heterocycles. The Kier molecular flexibility index (Phi) is 8.33. The lowest BCUT2D eigenvalue weighted by Crippen LogP contribution is -2.45. The average molecular weight is 447 g/mol. The molecule has 31 heavy (non-hydrogen) atoms. The topological polar surface area (TPSA) is 26.3 Å². The average Bonchev–Trinajstić information content (AvgIpc) is 3.38. The molecule has 0 spiro atoms. The molecule has 3 rings (SSSR count). The monoisotopic (exact) mass is 446 g/mol. The first kappa shape index (κ1) is 25.2. The summed E-state index contributed by atoms with van der Waals surface area (Å²) in [6.07, 6.45) is 20.2. The van der Waals surface area contributed by atoms with Gasteiger partial charge in [-0.05, 0) is 55.1 Å². The van der Waals surface area contributed by atoms with Gasteiger partial charge in [-0.2, -0.15) is 0 Å². The third-order valence-corrected chi connectivity index (χ3v) is 13.8. The largest absolute Gasteiger partial charge is 0.416 e. The molecule has 0 aromatic heterocycles. The summed E-state index contributed by atoms with van der Waals surface area (Å²) in [5.41, 5.74) is -0.199. The van der Waals surface area contributed by atoms with Crippen molar-refractivity contribution < 1.29 is 9.22 Å². The smallest absolute Gasteiger partial charge is 0.192 e. The highest BCUT2D eigenvalue weighted by Gasteiger charge is 2.61. The predicted molar refractivity (Wildman–Crippen MR) is 135 cm³/mol. The van der Waals surface area contributed by atoms with Gasteiger partial charge >= 0.3 is 0 Å². The molecule has 0 saturated heterocycles. The molecule has 3 aliphatic rings. The van der Waals surface area contributed by atoms with Crippen LogP contribution in [0.5, 0.6) is 0 Å². The fourth-order valence-corrected chi connectivity index (χ4v) is 7.30. The van der Waals surface area contributed by atoms with Crippen LogP contribution in [-0.2, 0) is 9.22 Å². The second kappa shape index (κ2) is 10.2. The van der Waals surface area contributed by atoms with Gasteiger partial charge in [-0.1, -0.05) is 97.6 Å². The third kappa shape index (κ3) is 5.57. The van der Waals surface area contributed by atoms with E-state index in [2.05, 4.69) is 52.9 Å². The molecule has 5 atom stereocenters. The molecule has 0 N–H and O–H groups in total. The fraction of sp³-hybridized carbons (Fsp3) is 0.893. The summed E-state index contributed by atoms with van der Waals surface area (Å²) >= 11 is 0. The number of hydrogen-bond acceptors (Lipinski definition) is 2. The molecule has 2 saturated carbocycles. The fourth-order valence-electron chi connectivity index (χ4n) is 6.23. The SMILES string of the molecule is CCCCCCCCCCC[C@]1(CO[Si](C)(C)C(C)(C)C)C[C@H]2[C@@H](C1=O)[C@H]1C=C[C@@H]2C1. The summed E-state index contributed by atoms with van der Waals surface area (Å²) in [6, 6.07) is 0. The second-order valence-electron chi connectivity index (χ2n) is 12.6. The van der Waals surface area contributed by atoms with E-state index < -0.39 is 8.32 Å². The molecule has 0 aromatic rings. The molecule has 2 nitrogen and oxygen atoms in total. The lowest BCUT2D eigenvalue weighted by atomic mass is 9.77. The molecular formula is C28H50O2Si. The molecule has 0 heterocycles. The van der Waals surface area contributed by atoms with Gasteiger partial charge in [0.15, 0.2) is 8.32 Å². The summed E-state index contributed by atoms with van der Waals surface area (Å²) < 4.78 is 6.74. The van der Waals surface area contributed by atoms with Crippen LogP contribution in [0.1, 0.15) is 105 Å². The summed E-state index contributed by atoms with van der Waals surface area (Å²) in [6.45, 7) is 14.6. The molecule has 178 valence electrons. The van der Waals surface area contributed by atoms with Crippen LogP contribution in [0.3, 0.4) is 0 Å². The molecule has 0 amide bonds. The highest BCUT2D eigenvalue weighted by atomic mass is 28.4. The molecule has 0 aromatic carbocycles. The highest BCUT2D eigenvalue weighted by Crippen LogP contribution is 2.60. The van der Waals surface area contributed by atoms with E-state index in [1.165, 1.54) is 64.2 Å². The number of rotatable bonds is 13. The van der Waals surface area contributed by atoms with Gasteiger partial charge in [0.1, 0.15) is 5.78 Å². The zero-order valence-corrected chi connectivity index (χ0v) is 22.5. The van der Waals surface area contributed by atoms with E-state index in [1.54, 1.807) is 0 Å². The van der Waals surface area contributed by atoms with Gasteiger partial charge in [0.05, 0.1) is 5.41 Å². The number of ketones is 1. The standard InChI is InChI=1S/C28H50O2Si/c1-7-8-9-10-11-12-13-14-15-18-28(21-30-31(5,6)27(2,3)4)20-24-22-16-17-23(19-22)25(24)26(28)29/h16-17,22-25H,7-15,18-21H2,1-6H3/t22-,23+,24-,25+,28-/m1/s1. The number of hydrogen-bond donors (Lipinski definition) is 0. The number of carbonyl (C=O) groups excluding carboxylic acids is 1. The first-order valence-electron chi connectivity index (χ1n) is 13.5. The van der Waals surface area contributed by atoms with Crippen LogP contribution >= 0.6 is 0 Å². The third-order valence-electron chi connectivity index (χ3n) is 9.35. The van der Waals surface area contributed by atoms with Crippen molar-refractivity contribution >= 4 is 14.1 Å². The van der Waals surface area contributed by atoms with Gasteiger partial charge in [-0.3, -0.25) is 4.79 Å². The summed E-state index contributed by atoms with van der Waals surface area (Å²) in [7, 11) is -1.85. The van der Waals surface area contributed by atoms with Gasteiger partial charge in [0.25, 0.3) is 0 Å². The van der Waals surface area contributed by atoms with Gasteiger partial charge in [0.2, 0.25) is 0 Å². The Balaban J connectivity index is 1.56. The Labute approximate surface area is 194 Å². The Bertz CT molecular complexity index is 631. The number of unbranched alkanes of at least 4 members (excludes halogenated alkanes) is 8. The first-order valence-corrected chi connectivity index (χ1v) is 16.4. The Morgan fingerprint density at radius 3 is 2.13 bits per heavy atom. The van der Waals surface area contributed by atoms with Crippen LogP contribution in [0, 0.1) is 29.1 Å². The van der Waals surface area contributed by atoms with Crippen molar-refractivity contribution in [3.05, 3.63) is 12.2 Å². The number of carbonyl (C=O) groups is 1. The molecule has 2 bridgehead atoms. The van der Waals surface area contributed by atoms with Crippen LogP contribution < -0.4 is 0 Å². The van der Waals surface area contributed by atoms with Crippen molar-refractivity contribution in [3.8, 4) is 0 Å². The van der Waals surface area contributed by atoms with Crippen molar-refractivity contribution in [3.63, 3.8) is 0 Å². The van der Waals surface area contributed by atoms with Gasteiger partial charge < -0.3 is 4.43 Å². The van der Waals surface area contributed by atoms with Crippen molar-refractivity contribution in [2.24, 2.45) is 29.1 Å². The highest BCUT2D eigenvalue weighted by molar-refractivity contribution is 6.74. The molecule has 0 unspecified atom stereocenters. The molecular weight excluding hydrogens is 396 g/mol. The van der Waals surface area contributed by atoms with Crippen LogP contribution in [0.25, 0.3) is 0 Å².